The number of nitrogens with one attached hydrogen (secondary N) is 2. The maximum Gasteiger partial charge on any atom is 0.316 e. The molecule has 2 aromatic carbocycles. The molecular weight excluding hydrogens is 362 g/mol. The number of carbonyl (C=O) groups is 1. The molecule has 6 nitrogen and oxygen atoms in total. The van der Waals surface area contributed by atoms with Gasteiger partial charge in [-0.15, -0.1) is 11.8 Å². The zero-order valence-electron chi connectivity index (χ0n) is 14.8. The van der Waals surface area contributed by atoms with Crippen molar-refractivity contribution in [3.63, 3.8) is 0 Å². The van der Waals surface area contributed by atoms with Crippen LogP contribution in [-0.2, 0) is 6.54 Å². The molecule has 1 atom stereocenters. The number of H-pyrrole nitrogens is 1. The SMILES string of the molecule is CCn1c(=O)c(=O)[nH]c2cc(C(=O)N[C@H]3CCSc4ccccc43)ccc21. The van der Waals surface area contributed by atoms with Crippen LogP contribution in [0.4, 0.5) is 0 Å². The number of thioether (sulfide) groups is 1. The number of nitrogens with zero attached hydrogens (tertiary/aromatic N) is 1. The molecule has 0 bridgehead atoms. The van der Waals surface area contributed by atoms with Crippen LogP contribution in [0.3, 0.4) is 0 Å². The minimum Gasteiger partial charge on any atom is -0.345 e. The van der Waals surface area contributed by atoms with Crippen LogP contribution in [0.25, 0.3) is 11.0 Å². The Morgan fingerprint density at radius 1 is 1.26 bits per heavy atom. The van der Waals surface area contributed by atoms with Crippen LogP contribution in [-0.4, -0.2) is 21.2 Å². The van der Waals surface area contributed by atoms with E-state index in [0.717, 1.165) is 17.7 Å². The van der Waals surface area contributed by atoms with Crippen molar-refractivity contribution in [3.05, 3.63) is 74.3 Å². The van der Waals surface area contributed by atoms with Gasteiger partial charge >= 0.3 is 11.1 Å². The van der Waals surface area contributed by atoms with Gasteiger partial charge < -0.3 is 14.9 Å². The predicted molar refractivity (Wildman–Crippen MR) is 106 cm³/mol. The highest BCUT2D eigenvalue weighted by Gasteiger charge is 2.22. The van der Waals surface area contributed by atoms with E-state index >= 15 is 0 Å². The largest absolute Gasteiger partial charge is 0.345 e. The summed E-state index contributed by atoms with van der Waals surface area (Å²) in [6.45, 7) is 2.20. The second-order valence-corrected chi connectivity index (χ2v) is 7.57. The molecule has 4 rings (SSSR count). The second-order valence-electron chi connectivity index (χ2n) is 6.44. The average Bonchev–Trinajstić information content (AvgIpc) is 2.69. The summed E-state index contributed by atoms with van der Waals surface area (Å²) in [6.07, 6.45) is 0.868. The molecule has 0 fully saturated rings. The number of aryl methyl sites for hydroxylation is 1. The van der Waals surface area contributed by atoms with E-state index < -0.39 is 11.1 Å². The summed E-state index contributed by atoms with van der Waals surface area (Å²) in [5, 5.41) is 3.10. The molecule has 1 aromatic heterocycles. The van der Waals surface area contributed by atoms with Gasteiger partial charge in [-0.05, 0) is 43.2 Å². The Morgan fingerprint density at radius 3 is 2.89 bits per heavy atom. The van der Waals surface area contributed by atoms with E-state index in [1.807, 2.05) is 18.2 Å². The molecule has 3 aromatic rings. The maximum atomic E-state index is 12.8. The summed E-state index contributed by atoms with van der Waals surface area (Å²) in [7, 11) is 0. The second kappa shape index (κ2) is 7.08. The van der Waals surface area contributed by atoms with E-state index in [2.05, 4.69) is 16.4 Å². The van der Waals surface area contributed by atoms with Crippen molar-refractivity contribution in [1.29, 1.82) is 0 Å². The molecule has 27 heavy (non-hydrogen) atoms. The van der Waals surface area contributed by atoms with Crippen LogP contribution in [0.5, 0.6) is 0 Å². The van der Waals surface area contributed by atoms with Crippen LogP contribution in [0.1, 0.15) is 35.3 Å². The number of benzene rings is 2. The summed E-state index contributed by atoms with van der Waals surface area (Å²) in [6, 6.07) is 13.1. The van der Waals surface area contributed by atoms with Gasteiger partial charge in [0.15, 0.2) is 0 Å². The van der Waals surface area contributed by atoms with E-state index in [4.69, 9.17) is 0 Å². The Hall–Kier alpha value is -2.80. The van der Waals surface area contributed by atoms with Crippen LogP contribution in [0, 0.1) is 0 Å². The first-order valence-corrected chi connectivity index (χ1v) is 9.86. The fourth-order valence-corrected chi connectivity index (χ4v) is 4.59. The lowest BCUT2D eigenvalue weighted by molar-refractivity contribution is 0.0935. The van der Waals surface area contributed by atoms with Crippen molar-refractivity contribution in [2.75, 3.05) is 5.75 Å². The summed E-state index contributed by atoms with van der Waals surface area (Å²) >= 11 is 1.80. The standard InChI is InChI=1S/C20H19N3O3S/c1-2-23-16-8-7-12(11-15(16)22-19(25)20(23)26)18(24)21-14-9-10-27-17-6-4-3-5-13(14)17/h3-8,11,14H,2,9-10H2,1H3,(H,21,24)(H,22,25)/t14-/m0/s1. The summed E-state index contributed by atoms with van der Waals surface area (Å²) in [5.41, 5.74) is 1.41. The number of carbonyl (C=O) groups excluding carboxylic acids is 1. The fourth-order valence-electron chi connectivity index (χ4n) is 3.47. The molecule has 0 spiro atoms. The van der Waals surface area contributed by atoms with Crippen molar-refractivity contribution in [1.82, 2.24) is 14.9 Å². The van der Waals surface area contributed by atoms with Gasteiger partial charge in [0.2, 0.25) is 0 Å². The van der Waals surface area contributed by atoms with Gasteiger partial charge in [-0.1, -0.05) is 18.2 Å². The molecule has 138 valence electrons. The number of hydrogen-bond donors (Lipinski definition) is 2. The van der Waals surface area contributed by atoms with Gasteiger partial charge in [0.05, 0.1) is 17.1 Å². The van der Waals surface area contributed by atoms with Gasteiger partial charge in [0.1, 0.15) is 0 Å². The lowest BCUT2D eigenvalue weighted by Gasteiger charge is -2.26. The highest BCUT2D eigenvalue weighted by atomic mass is 32.2. The Balaban J connectivity index is 1.67. The van der Waals surface area contributed by atoms with Crippen molar-refractivity contribution >= 4 is 28.7 Å². The first-order chi connectivity index (χ1) is 13.1. The highest BCUT2D eigenvalue weighted by molar-refractivity contribution is 7.99. The van der Waals surface area contributed by atoms with Crippen molar-refractivity contribution in [2.45, 2.75) is 30.8 Å². The van der Waals surface area contributed by atoms with E-state index in [9.17, 15) is 14.4 Å². The van der Waals surface area contributed by atoms with Gasteiger partial charge in [0, 0.05) is 22.8 Å². The van der Waals surface area contributed by atoms with Crippen molar-refractivity contribution < 1.29 is 4.79 Å². The summed E-state index contributed by atoms with van der Waals surface area (Å²) in [4.78, 5) is 40.4. The number of rotatable bonds is 3. The Morgan fingerprint density at radius 2 is 2.07 bits per heavy atom. The Labute approximate surface area is 159 Å². The van der Waals surface area contributed by atoms with Gasteiger partial charge in [-0.25, -0.2) is 0 Å². The summed E-state index contributed by atoms with van der Waals surface area (Å²) < 4.78 is 1.41. The third-order valence-corrected chi connectivity index (χ3v) is 5.94. The van der Waals surface area contributed by atoms with E-state index in [0.29, 0.717) is 23.1 Å². The molecule has 7 heteroatoms. The Kier molecular flexibility index (Phi) is 4.61. The predicted octanol–water partition coefficient (Wildman–Crippen LogP) is 2.68. The van der Waals surface area contributed by atoms with E-state index in [1.165, 1.54) is 9.46 Å². The number of hydrogen-bond acceptors (Lipinski definition) is 4. The quantitative estimate of drug-likeness (QED) is 0.683. The van der Waals surface area contributed by atoms with Gasteiger partial charge in [-0.3, -0.25) is 14.4 Å². The topological polar surface area (TPSA) is 84.0 Å². The van der Waals surface area contributed by atoms with Gasteiger partial charge in [0.25, 0.3) is 5.91 Å². The third kappa shape index (κ3) is 3.19. The number of fused-ring (bicyclic) bond motifs is 2. The minimum absolute atomic E-state index is 0.0331. The molecule has 0 radical (unpaired) electrons. The molecule has 2 heterocycles. The smallest absolute Gasteiger partial charge is 0.316 e. The molecule has 0 saturated carbocycles. The van der Waals surface area contributed by atoms with Crippen LogP contribution in [0.15, 0.2) is 56.9 Å². The zero-order chi connectivity index (χ0) is 19.0. The highest BCUT2D eigenvalue weighted by Crippen LogP contribution is 2.35. The molecule has 2 N–H and O–H groups in total. The van der Waals surface area contributed by atoms with Crippen LogP contribution < -0.4 is 16.4 Å². The lowest BCUT2D eigenvalue weighted by atomic mass is 10.0. The third-order valence-electron chi connectivity index (χ3n) is 4.82. The fraction of sp³-hybridized carbons (Fsp3) is 0.250. The molecule has 1 amide bonds. The number of amides is 1. The minimum atomic E-state index is -0.680. The Bertz CT molecular complexity index is 1150. The lowest BCUT2D eigenvalue weighted by Crippen LogP contribution is -2.36. The molecule has 1 aliphatic heterocycles. The normalized spacial score (nSPS) is 16.1. The molecule has 0 aliphatic carbocycles. The van der Waals surface area contributed by atoms with E-state index in [1.54, 1.807) is 36.9 Å². The maximum absolute atomic E-state index is 12.8. The van der Waals surface area contributed by atoms with Gasteiger partial charge in [-0.2, -0.15) is 0 Å². The molecule has 0 unspecified atom stereocenters. The number of aromatic amines is 1. The number of aromatic nitrogens is 2. The molecule has 1 aliphatic rings. The molecular formula is C20H19N3O3S. The van der Waals surface area contributed by atoms with Crippen molar-refractivity contribution in [3.8, 4) is 0 Å². The average molecular weight is 381 g/mol. The van der Waals surface area contributed by atoms with Crippen molar-refractivity contribution in [2.24, 2.45) is 0 Å². The monoisotopic (exact) mass is 381 g/mol. The van der Waals surface area contributed by atoms with Crippen LogP contribution in [0.2, 0.25) is 0 Å². The summed E-state index contributed by atoms with van der Waals surface area (Å²) in [5.74, 6) is 0.758. The first-order valence-electron chi connectivity index (χ1n) is 8.88. The first kappa shape index (κ1) is 17.6. The zero-order valence-corrected chi connectivity index (χ0v) is 15.6. The van der Waals surface area contributed by atoms with E-state index in [-0.39, 0.29) is 11.9 Å². The molecule has 0 saturated heterocycles. The van der Waals surface area contributed by atoms with Crippen LogP contribution >= 0.6 is 11.8 Å².